The minimum Gasteiger partial charge on any atom is -0.292 e. The third-order valence-corrected chi connectivity index (χ3v) is 6.86. The molecule has 8 nitrogen and oxygen atoms in total. The summed E-state index contributed by atoms with van der Waals surface area (Å²) < 4.78 is 0. The first-order valence-electron chi connectivity index (χ1n) is 9.78. The van der Waals surface area contributed by atoms with Gasteiger partial charge in [0.25, 0.3) is 0 Å². The molecule has 1 aliphatic rings. The SMILES string of the molecule is CCC[C@H]1CN(CC(=O)N(C)c2nccs2)CCN1CC(=O)N(C)c1nccs1. The molecule has 1 aliphatic heterocycles. The molecule has 1 saturated heterocycles. The number of amides is 2. The van der Waals surface area contributed by atoms with Crippen molar-refractivity contribution >= 4 is 44.8 Å². The molecule has 10 heteroatoms. The van der Waals surface area contributed by atoms with Crippen LogP contribution in [0.2, 0.25) is 0 Å². The number of likely N-dealkylation sites (N-methyl/N-ethyl adjacent to an activating group) is 2. The Morgan fingerprint density at radius 2 is 1.62 bits per heavy atom. The largest absolute Gasteiger partial charge is 0.292 e. The standard InChI is InChI=1S/C19H28N6O2S2/c1-4-5-15-12-24(13-16(26)22(2)18-20-6-10-28-18)8-9-25(15)14-17(27)23(3)19-21-7-11-29-19/h6-7,10-11,15H,4-5,8-9,12-14H2,1-3H3/t15-/m0/s1. The fourth-order valence-corrected chi connectivity index (χ4v) is 4.72. The van der Waals surface area contributed by atoms with Gasteiger partial charge < -0.3 is 0 Å². The molecule has 0 unspecified atom stereocenters. The Morgan fingerprint density at radius 1 is 1.03 bits per heavy atom. The van der Waals surface area contributed by atoms with E-state index in [1.54, 1.807) is 36.3 Å². The van der Waals surface area contributed by atoms with Crippen LogP contribution in [0, 0.1) is 0 Å². The molecular weight excluding hydrogens is 408 g/mol. The van der Waals surface area contributed by atoms with Crippen molar-refractivity contribution in [1.82, 2.24) is 19.8 Å². The molecule has 0 radical (unpaired) electrons. The molecule has 2 aromatic rings. The van der Waals surface area contributed by atoms with E-state index in [-0.39, 0.29) is 17.9 Å². The number of thiazole rings is 2. The molecule has 0 aliphatic carbocycles. The van der Waals surface area contributed by atoms with Gasteiger partial charge in [0, 0.05) is 62.9 Å². The number of nitrogens with zero attached hydrogens (tertiary/aromatic N) is 6. The second-order valence-corrected chi connectivity index (χ2v) is 8.93. The number of carbonyl (C=O) groups is 2. The number of hydrogen-bond acceptors (Lipinski definition) is 8. The number of anilines is 2. The molecule has 0 bridgehead atoms. The third-order valence-electron chi connectivity index (χ3n) is 5.17. The Morgan fingerprint density at radius 3 is 2.14 bits per heavy atom. The number of rotatable bonds is 8. The van der Waals surface area contributed by atoms with Crippen LogP contribution in [0.25, 0.3) is 0 Å². The van der Waals surface area contributed by atoms with Gasteiger partial charge in [-0.1, -0.05) is 13.3 Å². The quantitative estimate of drug-likeness (QED) is 0.630. The lowest BCUT2D eigenvalue weighted by atomic mass is 10.1. The van der Waals surface area contributed by atoms with Gasteiger partial charge in [-0.2, -0.15) is 0 Å². The summed E-state index contributed by atoms with van der Waals surface area (Å²) in [7, 11) is 3.55. The van der Waals surface area contributed by atoms with Gasteiger partial charge in [0.1, 0.15) is 0 Å². The lowest BCUT2D eigenvalue weighted by Gasteiger charge is -2.41. The molecule has 3 heterocycles. The van der Waals surface area contributed by atoms with Crippen LogP contribution in [-0.2, 0) is 9.59 Å². The monoisotopic (exact) mass is 436 g/mol. The van der Waals surface area contributed by atoms with Gasteiger partial charge in [-0.05, 0) is 6.42 Å². The summed E-state index contributed by atoms with van der Waals surface area (Å²) in [6, 6.07) is 0.264. The summed E-state index contributed by atoms with van der Waals surface area (Å²) in [4.78, 5) is 41.5. The molecule has 29 heavy (non-hydrogen) atoms. The van der Waals surface area contributed by atoms with Crippen molar-refractivity contribution in [3.05, 3.63) is 23.2 Å². The van der Waals surface area contributed by atoms with Gasteiger partial charge in [0.15, 0.2) is 10.3 Å². The van der Waals surface area contributed by atoms with Crippen LogP contribution in [0.5, 0.6) is 0 Å². The summed E-state index contributed by atoms with van der Waals surface area (Å²) >= 11 is 2.92. The zero-order valence-electron chi connectivity index (χ0n) is 17.2. The number of carbonyl (C=O) groups excluding carboxylic acids is 2. The van der Waals surface area contributed by atoms with E-state index in [0.29, 0.717) is 13.1 Å². The van der Waals surface area contributed by atoms with Crippen LogP contribution in [0.3, 0.4) is 0 Å². The number of hydrogen-bond donors (Lipinski definition) is 0. The highest BCUT2D eigenvalue weighted by Crippen LogP contribution is 2.20. The molecule has 3 rings (SSSR count). The van der Waals surface area contributed by atoms with Crippen LogP contribution < -0.4 is 9.80 Å². The van der Waals surface area contributed by atoms with E-state index in [9.17, 15) is 9.59 Å². The zero-order valence-corrected chi connectivity index (χ0v) is 18.8. The molecule has 1 atom stereocenters. The van der Waals surface area contributed by atoms with E-state index in [4.69, 9.17) is 0 Å². The van der Waals surface area contributed by atoms with Crippen molar-refractivity contribution in [3.8, 4) is 0 Å². The molecule has 1 fully saturated rings. The van der Waals surface area contributed by atoms with Gasteiger partial charge in [-0.15, -0.1) is 22.7 Å². The first kappa shape index (κ1) is 21.8. The van der Waals surface area contributed by atoms with Crippen molar-refractivity contribution in [3.63, 3.8) is 0 Å². The Bertz CT molecular complexity index is 783. The van der Waals surface area contributed by atoms with Crippen molar-refractivity contribution in [1.29, 1.82) is 0 Å². The predicted molar refractivity (Wildman–Crippen MR) is 118 cm³/mol. The summed E-state index contributed by atoms with van der Waals surface area (Å²) in [5.74, 6) is 0.0947. The fraction of sp³-hybridized carbons (Fsp3) is 0.579. The molecule has 0 N–H and O–H groups in total. The van der Waals surface area contributed by atoms with E-state index >= 15 is 0 Å². The molecule has 158 valence electrons. The Kier molecular flexibility index (Phi) is 7.70. The third kappa shape index (κ3) is 5.59. The highest BCUT2D eigenvalue weighted by Gasteiger charge is 2.30. The molecule has 2 aromatic heterocycles. The van der Waals surface area contributed by atoms with E-state index < -0.39 is 0 Å². The lowest BCUT2D eigenvalue weighted by Crippen LogP contribution is -2.57. The second kappa shape index (κ2) is 10.2. The van der Waals surface area contributed by atoms with Crippen LogP contribution in [0.1, 0.15) is 19.8 Å². The average molecular weight is 437 g/mol. The molecular formula is C19H28N6O2S2. The summed E-state index contributed by atoms with van der Waals surface area (Å²) in [5, 5.41) is 5.18. The first-order chi connectivity index (χ1) is 14.0. The zero-order chi connectivity index (χ0) is 20.8. The van der Waals surface area contributed by atoms with E-state index in [0.717, 1.165) is 42.7 Å². The van der Waals surface area contributed by atoms with E-state index in [1.807, 2.05) is 10.8 Å². The van der Waals surface area contributed by atoms with Crippen molar-refractivity contribution < 1.29 is 9.59 Å². The summed E-state index contributed by atoms with van der Waals surface area (Å²) in [6.45, 7) is 5.24. The summed E-state index contributed by atoms with van der Waals surface area (Å²) in [6.07, 6.45) is 5.46. The lowest BCUT2D eigenvalue weighted by molar-refractivity contribution is -0.123. The van der Waals surface area contributed by atoms with Gasteiger partial charge in [-0.25, -0.2) is 9.97 Å². The molecule has 0 spiro atoms. The van der Waals surface area contributed by atoms with Gasteiger partial charge in [0.2, 0.25) is 11.8 Å². The minimum atomic E-state index is 0.0447. The smallest absolute Gasteiger partial charge is 0.242 e. The van der Waals surface area contributed by atoms with E-state index in [2.05, 4.69) is 26.7 Å². The maximum atomic E-state index is 12.7. The van der Waals surface area contributed by atoms with Crippen LogP contribution in [0.4, 0.5) is 10.3 Å². The van der Waals surface area contributed by atoms with Crippen LogP contribution in [-0.4, -0.2) is 84.4 Å². The fourth-order valence-electron chi connectivity index (χ4n) is 3.47. The second-order valence-electron chi connectivity index (χ2n) is 7.18. The van der Waals surface area contributed by atoms with Crippen molar-refractivity contribution in [2.45, 2.75) is 25.8 Å². The highest BCUT2D eigenvalue weighted by molar-refractivity contribution is 7.14. The van der Waals surface area contributed by atoms with Gasteiger partial charge in [-0.3, -0.25) is 29.2 Å². The molecule has 0 aromatic carbocycles. The average Bonchev–Trinajstić information content (AvgIpc) is 3.43. The number of aromatic nitrogens is 2. The molecule has 0 saturated carbocycles. The van der Waals surface area contributed by atoms with Crippen LogP contribution in [0.15, 0.2) is 23.2 Å². The highest BCUT2D eigenvalue weighted by atomic mass is 32.1. The van der Waals surface area contributed by atoms with Crippen molar-refractivity contribution in [2.24, 2.45) is 0 Å². The molecule has 2 amide bonds. The maximum Gasteiger partial charge on any atom is 0.242 e. The maximum absolute atomic E-state index is 12.7. The minimum absolute atomic E-state index is 0.0447. The first-order valence-corrected chi connectivity index (χ1v) is 11.5. The number of piperazine rings is 1. The normalized spacial score (nSPS) is 18.0. The predicted octanol–water partition coefficient (Wildman–Crippen LogP) is 2.01. The van der Waals surface area contributed by atoms with Crippen LogP contribution >= 0.6 is 22.7 Å². The Labute approximate surface area is 179 Å². The van der Waals surface area contributed by atoms with Gasteiger partial charge in [0.05, 0.1) is 13.1 Å². The Balaban J connectivity index is 1.56. The van der Waals surface area contributed by atoms with Crippen molar-refractivity contribution in [2.75, 3.05) is 56.6 Å². The topological polar surface area (TPSA) is 72.9 Å². The van der Waals surface area contributed by atoms with Gasteiger partial charge >= 0.3 is 0 Å². The summed E-state index contributed by atoms with van der Waals surface area (Å²) in [5.41, 5.74) is 0. The Hall–Kier alpha value is -1.88. The van der Waals surface area contributed by atoms with E-state index in [1.165, 1.54) is 22.7 Å².